The maximum Gasteiger partial charge on any atom is 0.301 e. The zero-order valence-corrected chi connectivity index (χ0v) is 21.1. The van der Waals surface area contributed by atoms with Crippen LogP contribution in [-0.4, -0.2) is 21.8 Å². The number of nitrogens with zero attached hydrogens (tertiary/aromatic N) is 2. The van der Waals surface area contributed by atoms with Gasteiger partial charge in [0.15, 0.2) is 5.13 Å². The number of aliphatic hydroxyl groups excluding tert-OH is 1. The lowest BCUT2D eigenvalue weighted by Crippen LogP contribution is -2.29. The van der Waals surface area contributed by atoms with Gasteiger partial charge in [0.25, 0.3) is 5.78 Å². The molecule has 0 radical (unpaired) electrons. The van der Waals surface area contributed by atoms with E-state index in [1.165, 1.54) is 16.2 Å². The first-order chi connectivity index (χ1) is 16.4. The van der Waals surface area contributed by atoms with Gasteiger partial charge in [0.1, 0.15) is 5.76 Å². The number of rotatable bonds is 4. The summed E-state index contributed by atoms with van der Waals surface area (Å²) in [5.74, 6) is -1.74. The highest BCUT2D eigenvalue weighted by Gasteiger charge is 2.48. The minimum Gasteiger partial charge on any atom is -0.507 e. The summed E-state index contributed by atoms with van der Waals surface area (Å²) in [6, 6.07) is 19.0. The van der Waals surface area contributed by atoms with E-state index in [-0.39, 0.29) is 11.3 Å². The number of fused-ring (bicyclic) bond motifs is 1. The summed E-state index contributed by atoms with van der Waals surface area (Å²) in [7, 11) is 0. The number of thiazole rings is 1. The van der Waals surface area contributed by atoms with Crippen molar-refractivity contribution in [2.75, 3.05) is 4.90 Å². The Balaban J connectivity index is 1.72. The molecule has 1 N–H and O–H groups in total. The third-order valence-electron chi connectivity index (χ3n) is 5.78. The summed E-state index contributed by atoms with van der Waals surface area (Å²) in [4.78, 5) is 32.7. The quantitative estimate of drug-likeness (QED) is 0.169. The van der Waals surface area contributed by atoms with Gasteiger partial charge < -0.3 is 5.11 Å². The fourth-order valence-electron chi connectivity index (χ4n) is 4.06. The maximum atomic E-state index is 13.3. The maximum absolute atomic E-state index is 13.3. The van der Waals surface area contributed by atoms with Crippen LogP contribution in [0.4, 0.5) is 5.13 Å². The molecule has 1 saturated heterocycles. The van der Waals surface area contributed by atoms with E-state index >= 15 is 0 Å². The van der Waals surface area contributed by atoms with Crippen LogP contribution >= 0.6 is 38.9 Å². The summed E-state index contributed by atoms with van der Waals surface area (Å²) >= 11 is 10.8. The zero-order valence-electron chi connectivity index (χ0n) is 18.0. The lowest BCUT2D eigenvalue weighted by Gasteiger charge is -2.23. The molecule has 1 aliphatic rings. The Morgan fingerprint density at radius 3 is 2.59 bits per heavy atom. The Bertz CT molecular complexity index is 1480. The van der Waals surface area contributed by atoms with Crippen LogP contribution in [0.3, 0.4) is 0 Å². The van der Waals surface area contributed by atoms with Gasteiger partial charge in [-0.3, -0.25) is 14.5 Å². The van der Waals surface area contributed by atoms with E-state index in [0.717, 1.165) is 26.7 Å². The topological polar surface area (TPSA) is 70.5 Å². The van der Waals surface area contributed by atoms with Crippen molar-refractivity contribution in [3.63, 3.8) is 0 Å². The Morgan fingerprint density at radius 1 is 1.12 bits per heavy atom. The van der Waals surface area contributed by atoms with Gasteiger partial charge in [-0.15, -0.1) is 0 Å². The molecule has 170 valence electrons. The minimum atomic E-state index is -0.834. The average Bonchev–Trinajstić information content (AvgIpc) is 3.36. The number of Topliss-reactive ketones (excluding diaryl/α,β-unsaturated/α-hetero) is 1. The number of aliphatic hydroxyl groups is 1. The van der Waals surface area contributed by atoms with Crippen LogP contribution in [0.2, 0.25) is 5.02 Å². The number of ketones is 1. The SMILES string of the molecule is CCc1ccc2nc(N3C(=O)C(=O)/C(=C(/O)c4ccc(Cl)cc4)C3c3cccc(Br)c3)sc2c1. The molecule has 5 nitrogen and oxygen atoms in total. The van der Waals surface area contributed by atoms with E-state index in [1.54, 1.807) is 24.3 Å². The monoisotopic (exact) mass is 552 g/mol. The van der Waals surface area contributed by atoms with Gasteiger partial charge in [0, 0.05) is 15.1 Å². The number of aromatic nitrogens is 1. The number of hydrogen-bond donors (Lipinski definition) is 1. The zero-order chi connectivity index (χ0) is 24.0. The molecule has 0 bridgehead atoms. The molecule has 8 heteroatoms. The highest BCUT2D eigenvalue weighted by atomic mass is 79.9. The van der Waals surface area contributed by atoms with Crippen molar-refractivity contribution in [1.82, 2.24) is 4.98 Å². The molecule has 1 unspecified atom stereocenters. The number of anilines is 1. The molecule has 3 aromatic carbocycles. The van der Waals surface area contributed by atoms with Crippen molar-refractivity contribution >= 4 is 71.7 Å². The molecule has 1 fully saturated rings. The summed E-state index contributed by atoms with van der Waals surface area (Å²) in [6.07, 6.45) is 0.882. The number of hydrogen-bond acceptors (Lipinski definition) is 5. The first-order valence-electron chi connectivity index (χ1n) is 10.6. The van der Waals surface area contributed by atoms with Gasteiger partial charge in [-0.1, -0.05) is 64.0 Å². The van der Waals surface area contributed by atoms with Crippen molar-refractivity contribution in [2.24, 2.45) is 0 Å². The fourth-order valence-corrected chi connectivity index (χ4v) is 5.66. The van der Waals surface area contributed by atoms with Crippen molar-refractivity contribution < 1.29 is 14.7 Å². The molecule has 4 aromatic rings. The highest BCUT2D eigenvalue weighted by Crippen LogP contribution is 2.44. The van der Waals surface area contributed by atoms with Crippen LogP contribution in [-0.2, 0) is 16.0 Å². The Hall–Kier alpha value is -3.00. The van der Waals surface area contributed by atoms with E-state index < -0.39 is 17.7 Å². The summed E-state index contributed by atoms with van der Waals surface area (Å²) < 4.78 is 1.72. The molecular formula is C26H18BrClN2O3S. The summed E-state index contributed by atoms with van der Waals surface area (Å²) in [6.45, 7) is 2.08. The largest absolute Gasteiger partial charge is 0.507 e. The molecule has 1 amide bonds. The minimum absolute atomic E-state index is 0.0129. The number of carbonyl (C=O) groups is 2. The first-order valence-corrected chi connectivity index (χ1v) is 12.6. The molecular weight excluding hydrogens is 536 g/mol. The molecule has 34 heavy (non-hydrogen) atoms. The smallest absolute Gasteiger partial charge is 0.301 e. The van der Waals surface area contributed by atoms with Gasteiger partial charge in [-0.25, -0.2) is 4.98 Å². The van der Waals surface area contributed by atoms with Crippen LogP contribution in [0.15, 0.2) is 76.8 Å². The lowest BCUT2D eigenvalue weighted by atomic mass is 9.95. The summed E-state index contributed by atoms with van der Waals surface area (Å²) in [5.41, 5.74) is 3.01. The number of benzene rings is 3. The molecule has 2 heterocycles. The molecule has 1 aliphatic heterocycles. The van der Waals surface area contributed by atoms with Crippen molar-refractivity contribution in [3.8, 4) is 0 Å². The van der Waals surface area contributed by atoms with Gasteiger partial charge >= 0.3 is 5.91 Å². The van der Waals surface area contributed by atoms with E-state index in [1.807, 2.05) is 36.4 Å². The van der Waals surface area contributed by atoms with E-state index in [0.29, 0.717) is 21.3 Å². The second kappa shape index (κ2) is 8.98. The van der Waals surface area contributed by atoms with Crippen LogP contribution in [0.25, 0.3) is 16.0 Å². The van der Waals surface area contributed by atoms with E-state index in [2.05, 4.69) is 33.9 Å². The number of aryl methyl sites for hydroxylation is 1. The van der Waals surface area contributed by atoms with Crippen LogP contribution in [0, 0.1) is 0 Å². The molecule has 0 spiro atoms. The normalized spacial score (nSPS) is 17.6. The Kier molecular flexibility index (Phi) is 6.02. The second-order valence-corrected chi connectivity index (χ2v) is 10.2. The fraction of sp³-hybridized carbons (Fsp3) is 0.115. The highest BCUT2D eigenvalue weighted by molar-refractivity contribution is 9.10. The molecule has 0 saturated carbocycles. The molecule has 0 aliphatic carbocycles. The summed E-state index contributed by atoms with van der Waals surface area (Å²) in [5, 5.41) is 12.1. The predicted molar refractivity (Wildman–Crippen MR) is 139 cm³/mol. The standard InChI is InChI=1S/C26H18BrClN2O3S/c1-2-14-6-11-19-20(12-14)34-26(29-19)30-22(16-4-3-5-17(27)13-16)21(24(32)25(30)33)23(31)15-7-9-18(28)10-8-15/h3-13,22,31H,2H2,1H3/b23-21+. The first kappa shape index (κ1) is 22.8. The molecule has 5 rings (SSSR count). The predicted octanol–water partition coefficient (Wildman–Crippen LogP) is 6.90. The number of carbonyl (C=O) groups excluding carboxylic acids is 2. The van der Waals surface area contributed by atoms with Crippen molar-refractivity contribution in [3.05, 3.63) is 98.5 Å². The van der Waals surface area contributed by atoms with Crippen LogP contribution < -0.4 is 4.90 Å². The third kappa shape index (κ3) is 3.94. The average molecular weight is 554 g/mol. The van der Waals surface area contributed by atoms with Gasteiger partial charge in [0.2, 0.25) is 0 Å². The van der Waals surface area contributed by atoms with Gasteiger partial charge in [-0.05, 0) is 66.1 Å². The van der Waals surface area contributed by atoms with E-state index in [9.17, 15) is 14.7 Å². The van der Waals surface area contributed by atoms with Gasteiger partial charge in [-0.2, -0.15) is 0 Å². The van der Waals surface area contributed by atoms with Crippen molar-refractivity contribution in [1.29, 1.82) is 0 Å². The Morgan fingerprint density at radius 2 is 1.88 bits per heavy atom. The van der Waals surface area contributed by atoms with Crippen molar-refractivity contribution in [2.45, 2.75) is 19.4 Å². The second-order valence-electron chi connectivity index (χ2n) is 7.88. The molecule has 1 atom stereocenters. The number of halogens is 2. The third-order valence-corrected chi connectivity index (χ3v) is 7.55. The van der Waals surface area contributed by atoms with E-state index in [4.69, 9.17) is 11.6 Å². The lowest BCUT2D eigenvalue weighted by molar-refractivity contribution is -0.132. The Labute approximate surface area is 213 Å². The van der Waals surface area contributed by atoms with Crippen LogP contribution in [0.5, 0.6) is 0 Å². The van der Waals surface area contributed by atoms with Gasteiger partial charge in [0.05, 0.1) is 21.8 Å². The van der Waals surface area contributed by atoms with Crippen LogP contribution in [0.1, 0.15) is 29.7 Å². The number of amides is 1. The molecule has 1 aromatic heterocycles.